The van der Waals surface area contributed by atoms with Crippen LogP contribution in [-0.2, 0) is 30.5 Å². The summed E-state index contributed by atoms with van der Waals surface area (Å²) >= 11 is 1.46. The average Bonchev–Trinajstić information content (AvgIpc) is 2.99. The van der Waals surface area contributed by atoms with E-state index in [9.17, 15) is 13.2 Å². The van der Waals surface area contributed by atoms with Crippen LogP contribution in [0.4, 0.5) is 5.69 Å². The lowest BCUT2D eigenvalue weighted by Gasteiger charge is -2.14. The zero-order chi connectivity index (χ0) is 24.6. The minimum absolute atomic E-state index is 0.165. The first-order valence-electron chi connectivity index (χ1n) is 11.1. The van der Waals surface area contributed by atoms with Gasteiger partial charge in [-0.05, 0) is 61.2 Å². The highest BCUT2D eigenvalue weighted by Gasteiger charge is 2.20. The lowest BCUT2D eigenvalue weighted by molar-refractivity contribution is 0.601. The van der Waals surface area contributed by atoms with Crippen molar-refractivity contribution in [1.82, 2.24) is 9.13 Å². The van der Waals surface area contributed by atoms with Crippen LogP contribution in [-0.4, -0.2) is 17.6 Å². The Kier molecular flexibility index (Phi) is 6.64. The number of fused-ring (bicyclic) bond motifs is 1. The van der Waals surface area contributed by atoms with E-state index in [1.165, 1.54) is 16.3 Å². The van der Waals surface area contributed by atoms with Gasteiger partial charge in [0.2, 0.25) is 0 Å². The summed E-state index contributed by atoms with van der Waals surface area (Å²) in [5, 5.41) is 0. The lowest BCUT2D eigenvalue weighted by atomic mass is 10.0. The number of benzene rings is 3. The van der Waals surface area contributed by atoms with Crippen molar-refractivity contribution in [3.05, 3.63) is 82.3 Å². The van der Waals surface area contributed by atoms with Crippen LogP contribution in [0.25, 0.3) is 11.0 Å². The summed E-state index contributed by atoms with van der Waals surface area (Å²) in [5.74, 6) is 0.492. The van der Waals surface area contributed by atoms with Crippen LogP contribution in [0.2, 0.25) is 0 Å². The Labute approximate surface area is 204 Å². The molecule has 0 spiro atoms. The van der Waals surface area contributed by atoms with Crippen LogP contribution in [0.15, 0.2) is 80.1 Å². The minimum atomic E-state index is -3.82. The van der Waals surface area contributed by atoms with Gasteiger partial charge in [-0.15, -0.1) is 0 Å². The van der Waals surface area contributed by atoms with Crippen LogP contribution in [0.3, 0.4) is 0 Å². The quantitative estimate of drug-likeness (QED) is 0.376. The number of hydrogen-bond acceptors (Lipinski definition) is 4. The maximum atomic E-state index is 13.3. The van der Waals surface area contributed by atoms with Crippen molar-refractivity contribution in [1.29, 1.82) is 0 Å². The van der Waals surface area contributed by atoms with Gasteiger partial charge in [0.1, 0.15) is 0 Å². The van der Waals surface area contributed by atoms with Crippen molar-refractivity contribution < 1.29 is 8.42 Å². The molecule has 0 saturated carbocycles. The molecule has 8 heteroatoms. The highest BCUT2D eigenvalue weighted by atomic mass is 32.2. The molecule has 0 amide bonds. The van der Waals surface area contributed by atoms with Gasteiger partial charge >= 0.3 is 5.69 Å². The van der Waals surface area contributed by atoms with Crippen molar-refractivity contribution in [2.45, 2.75) is 41.9 Å². The highest BCUT2D eigenvalue weighted by molar-refractivity contribution is 7.99. The number of nitrogens with zero attached hydrogens (tertiary/aromatic N) is 2. The Bertz CT molecular complexity index is 1500. The third kappa shape index (κ3) is 4.93. The standard InChI is InChI=1S/C26H29N3O3S2/c1-17(2)14-19-8-12-21(13-9-19)34(31,32)27-22-15-23-24(29(5)26(30)28(23)4)16-25(22)33-20-10-6-18(3)7-11-20/h6-13,15-17,27H,14H2,1-5H3. The van der Waals surface area contributed by atoms with E-state index < -0.39 is 10.0 Å². The summed E-state index contributed by atoms with van der Waals surface area (Å²) in [4.78, 5) is 14.4. The van der Waals surface area contributed by atoms with Crippen LogP contribution >= 0.6 is 11.8 Å². The largest absolute Gasteiger partial charge is 0.328 e. The normalized spacial score (nSPS) is 11.9. The number of imidazole rings is 1. The molecule has 4 aromatic rings. The zero-order valence-electron chi connectivity index (χ0n) is 20.0. The van der Waals surface area contributed by atoms with Crippen molar-refractivity contribution in [3.63, 3.8) is 0 Å². The fourth-order valence-corrected chi connectivity index (χ4v) is 5.96. The third-order valence-corrected chi connectivity index (χ3v) is 8.19. The van der Waals surface area contributed by atoms with Gasteiger partial charge in [-0.2, -0.15) is 0 Å². The fraction of sp³-hybridized carbons (Fsp3) is 0.269. The second-order valence-corrected chi connectivity index (χ2v) is 11.8. The Morgan fingerprint density at radius 2 is 1.50 bits per heavy atom. The van der Waals surface area contributed by atoms with E-state index in [4.69, 9.17) is 0 Å². The molecule has 178 valence electrons. The van der Waals surface area contributed by atoms with Gasteiger partial charge < -0.3 is 0 Å². The van der Waals surface area contributed by atoms with E-state index in [-0.39, 0.29) is 10.6 Å². The van der Waals surface area contributed by atoms with E-state index in [0.29, 0.717) is 17.1 Å². The van der Waals surface area contributed by atoms with Crippen LogP contribution < -0.4 is 10.4 Å². The monoisotopic (exact) mass is 495 g/mol. The van der Waals surface area contributed by atoms with Gasteiger partial charge in [-0.3, -0.25) is 13.9 Å². The number of aromatic nitrogens is 2. The maximum absolute atomic E-state index is 13.3. The van der Waals surface area contributed by atoms with Gasteiger partial charge in [0.15, 0.2) is 0 Å². The van der Waals surface area contributed by atoms with Gasteiger partial charge in [0.25, 0.3) is 10.0 Å². The average molecular weight is 496 g/mol. The summed E-state index contributed by atoms with van der Waals surface area (Å²) < 4.78 is 32.4. The number of rotatable bonds is 7. The first-order valence-corrected chi connectivity index (χ1v) is 13.4. The molecular weight excluding hydrogens is 466 g/mol. The summed E-state index contributed by atoms with van der Waals surface area (Å²) in [6, 6.07) is 18.6. The fourth-order valence-electron chi connectivity index (χ4n) is 3.90. The topological polar surface area (TPSA) is 73.1 Å². The Balaban J connectivity index is 1.77. The van der Waals surface area contributed by atoms with Crippen LogP contribution in [0.1, 0.15) is 25.0 Å². The third-order valence-electron chi connectivity index (χ3n) is 5.74. The van der Waals surface area contributed by atoms with Gasteiger partial charge in [0.05, 0.1) is 21.6 Å². The predicted molar refractivity (Wildman–Crippen MR) is 139 cm³/mol. The minimum Gasteiger partial charge on any atom is -0.295 e. The molecule has 3 aromatic carbocycles. The second kappa shape index (κ2) is 9.35. The molecule has 34 heavy (non-hydrogen) atoms. The molecule has 4 rings (SSSR count). The number of sulfonamides is 1. The molecule has 0 aliphatic heterocycles. The molecule has 0 fully saturated rings. The summed E-state index contributed by atoms with van der Waals surface area (Å²) in [7, 11) is -0.423. The molecule has 0 aliphatic rings. The summed E-state index contributed by atoms with van der Waals surface area (Å²) in [6.07, 6.45) is 0.893. The summed E-state index contributed by atoms with van der Waals surface area (Å²) in [6.45, 7) is 6.28. The van der Waals surface area contributed by atoms with Gasteiger partial charge in [0, 0.05) is 23.9 Å². The molecule has 1 heterocycles. The first-order chi connectivity index (χ1) is 16.0. The van der Waals surface area contributed by atoms with E-state index in [1.54, 1.807) is 36.9 Å². The Morgan fingerprint density at radius 1 is 0.912 bits per heavy atom. The smallest absolute Gasteiger partial charge is 0.295 e. The van der Waals surface area contributed by atoms with Crippen molar-refractivity contribution in [2.75, 3.05) is 4.72 Å². The van der Waals surface area contributed by atoms with Gasteiger partial charge in [-0.1, -0.05) is 55.4 Å². The predicted octanol–water partition coefficient (Wildman–Crippen LogP) is 5.34. The van der Waals surface area contributed by atoms with Crippen LogP contribution in [0.5, 0.6) is 0 Å². The Morgan fingerprint density at radius 3 is 2.09 bits per heavy atom. The van der Waals surface area contributed by atoms with E-state index in [2.05, 4.69) is 18.6 Å². The lowest BCUT2D eigenvalue weighted by Crippen LogP contribution is -2.19. The molecule has 0 saturated heterocycles. The van der Waals surface area contributed by atoms with Gasteiger partial charge in [-0.25, -0.2) is 13.2 Å². The maximum Gasteiger partial charge on any atom is 0.328 e. The zero-order valence-corrected chi connectivity index (χ0v) is 21.6. The number of nitrogens with one attached hydrogen (secondary N) is 1. The van der Waals surface area contributed by atoms with E-state index in [1.807, 2.05) is 49.4 Å². The molecule has 0 radical (unpaired) electrons. The summed E-state index contributed by atoms with van der Waals surface area (Å²) in [5.41, 5.74) is 3.92. The SMILES string of the molecule is Cc1ccc(Sc2cc3c(cc2NS(=O)(=O)c2ccc(CC(C)C)cc2)n(C)c(=O)n3C)cc1. The molecule has 0 aliphatic carbocycles. The number of anilines is 1. The molecule has 0 atom stereocenters. The molecule has 6 nitrogen and oxygen atoms in total. The van der Waals surface area contributed by atoms with E-state index >= 15 is 0 Å². The van der Waals surface area contributed by atoms with Crippen molar-refractivity contribution >= 4 is 38.5 Å². The molecule has 1 aromatic heterocycles. The highest BCUT2D eigenvalue weighted by Crippen LogP contribution is 2.37. The molecule has 1 N–H and O–H groups in total. The van der Waals surface area contributed by atoms with Crippen molar-refractivity contribution in [3.8, 4) is 0 Å². The molecule has 0 unspecified atom stereocenters. The molecular formula is C26H29N3O3S2. The number of aryl methyl sites for hydroxylation is 3. The molecule has 0 bridgehead atoms. The van der Waals surface area contributed by atoms with E-state index in [0.717, 1.165) is 32.9 Å². The second-order valence-electron chi connectivity index (χ2n) is 9.00. The number of hydrogen-bond donors (Lipinski definition) is 1. The first kappa shape index (κ1) is 24.2. The Hall–Kier alpha value is -2.97. The van der Waals surface area contributed by atoms with Crippen molar-refractivity contribution in [2.24, 2.45) is 20.0 Å². The van der Waals surface area contributed by atoms with Crippen LogP contribution in [0, 0.1) is 12.8 Å².